The molecule has 3 rings (SSSR count). The lowest BCUT2D eigenvalue weighted by molar-refractivity contribution is -0.141. The smallest absolute Gasteiger partial charge is 0.340 e. The van der Waals surface area contributed by atoms with Crippen LogP contribution in [0, 0.1) is 0 Å². The fraction of sp³-hybridized carbons (Fsp3) is 0.267. The largest absolute Gasteiger partial charge is 0.433 e. The Bertz CT molecular complexity index is 1010. The average molecular weight is 369 g/mol. The van der Waals surface area contributed by atoms with Gasteiger partial charge in [-0.1, -0.05) is 11.8 Å². The third-order valence-corrected chi connectivity index (χ3v) is 4.27. The van der Waals surface area contributed by atoms with E-state index in [1.807, 2.05) is 0 Å². The first kappa shape index (κ1) is 17.3. The molecule has 2 aromatic heterocycles. The highest BCUT2D eigenvalue weighted by molar-refractivity contribution is 7.98. The summed E-state index contributed by atoms with van der Waals surface area (Å²) in [5, 5.41) is 2.87. The molecule has 0 atom stereocenters. The van der Waals surface area contributed by atoms with E-state index >= 15 is 0 Å². The summed E-state index contributed by atoms with van der Waals surface area (Å²) < 4.78 is 41.9. The van der Waals surface area contributed by atoms with Gasteiger partial charge in [-0.25, -0.2) is 14.8 Å². The summed E-state index contributed by atoms with van der Waals surface area (Å²) in [6.45, 7) is 0. The molecule has 0 aliphatic heterocycles. The van der Waals surface area contributed by atoms with Gasteiger partial charge in [-0.2, -0.15) is 13.2 Å². The first-order valence-corrected chi connectivity index (χ1v) is 8.36. The van der Waals surface area contributed by atoms with Crippen LogP contribution in [0.15, 0.2) is 34.2 Å². The van der Waals surface area contributed by atoms with E-state index in [4.69, 9.17) is 0 Å². The van der Waals surface area contributed by atoms with E-state index in [1.54, 1.807) is 38.6 Å². The summed E-state index contributed by atoms with van der Waals surface area (Å²) in [5.41, 5.74) is 0.711. The predicted octanol–water partition coefficient (Wildman–Crippen LogP) is 3.15. The second-order valence-corrected chi connectivity index (χ2v) is 6.13. The predicted molar refractivity (Wildman–Crippen MR) is 90.3 cm³/mol. The zero-order valence-electron chi connectivity index (χ0n) is 13.5. The number of imidazole rings is 1. The highest BCUT2D eigenvalue weighted by Crippen LogP contribution is 2.31. The molecule has 0 radical (unpaired) electrons. The molecule has 0 unspecified atom stereocenters. The Balaban J connectivity index is 2.04. The van der Waals surface area contributed by atoms with Crippen LogP contribution in [0.25, 0.3) is 11.0 Å². The van der Waals surface area contributed by atoms with Crippen molar-refractivity contribution in [3.63, 3.8) is 0 Å². The second-order valence-electron chi connectivity index (χ2n) is 5.35. The van der Waals surface area contributed by atoms with Gasteiger partial charge in [0, 0.05) is 25.8 Å². The first-order valence-electron chi connectivity index (χ1n) is 7.13. The molecule has 0 aliphatic rings. The Labute approximate surface area is 144 Å². The van der Waals surface area contributed by atoms with E-state index in [1.165, 1.54) is 9.13 Å². The zero-order valence-corrected chi connectivity index (χ0v) is 14.4. The van der Waals surface area contributed by atoms with Crippen molar-refractivity contribution < 1.29 is 13.2 Å². The number of fused-ring (bicyclic) bond motifs is 1. The van der Waals surface area contributed by atoms with Gasteiger partial charge in [0.25, 0.3) is 0 Å². The first-order chi connectivity index (χ1) is 11.7. The monoisotopic (exact) mass is 369 g/mol. The molecule has 6 nitrogen and oxygen atoms in total. The van der Waals surface area contributed by atoms with Crippen molar-refractivity contribution in [2.75, 3.05) is 11.6 Å². The molecule has 0 fully saturated rings. The van der Waals surface area contributed by atoms with Gasteiger partial charge in [0.15, 0.2) is 10.9 Å². The quantitative estimate of drug-likeness (QED) is 0.568. The van der Waals surface area contributed by atoms with Crippen molar-refractivity contribution >= 4 is 34.3 Å². The van der Waals surface area contributed by atoms with E-state index in [2.05, 4.69) is 15.3 Å². The molecular formula is C15H14F3N5OS. The molecule has 1 aromatic carbocycles. The van der Waals surface area contributed by atoms with Crippen molar-refractivity contribution in [1.29, 1.82) is 0 Å². The van der Waals surface area contributed by atoms with Crippen LogP contribution >= 0.6 is 11.8 Å². The van der Waals surface area contributed by atoms with Gasteiger partial charge < -0.3 is 5.32 Å². The number of anilines is 2. The van der Waals surface area contributed by atoms with Crippen molar-refractivity contribution in [1.82, 2.24) is 19.1 Å². The molecule has 0 bridgehead atoms. The lowest BCUT2D eigenvalue weighted by Crippen LogP contribution is -2.19. The lowest BCUT2D eigenvalue weighted by atomic mass is 10.2. The van der Waals surface area contributed by atoms with E-state index < -0.39 is 11.9 Å². The molecular weight excluding hydrogens is 355 g/mol. The summed E-state index contributed by atoms with van der Waals surface area (Å²) in [4.78, 5) is 19.5. The van der Waals surface area contributed by atoms with Gasteiger partial charge in [0.1, 0.15) is 5.82 Å². The third kappa shape index (κ3) is 3.21. The standard InChI is InChI=1S/C15H14F3N5OS/c1-22-9-5-4-8(6-10(9)23(2)14(22)24)19-12-7-11(15(16,17)18)20-13(21-12)25-3/h4-7H,1-3H3,(H,19,20,21). The normalized spacial score (nSPS) is 11.9. The number of rotatable bonds is 3. The van der Waals surface area contributed by atoms with Crippen LogP contribution in [0.3, 0.4) is 0 Å². The SMILES string of the molecule is CSc1nc(Nc2ccc3c(c2)n(C)c(=O)n3C)cc(C(F)(F)F)n1. The molecule has 0 saturated carbocycles. The lowest BCUT2D eigenvalue weighted by Gasteiger charge is -2.11. The number of nitrogens with zero attached hydrogens (tertiary/aromatic N) is 4. The molecule has 1 N–H and O–H groups in total. The number of hydrogen-bond donors (Lipinski definition) is 1. The Morgan fingerprint density at radius 2 is 1.76 bits per heavy atom. The van der Waals surface area contributed by atoms with Crippen LogP contribution in [0.4, 0.5) is 24.7 Å². The number of thioether (sulfide) groups is 1. The Hall–Kier alpha value is -2.49. The zero-order chi connectivity index (χ0) is 18.4. The van der Waals surface area contributed by atoms with Crippen LogP contribution < -0.4 is 11.0 Å². The van der Waals surface area contributed by atoms with Crippen LogP contribution in [-0.2, 0) is 20.3 Å². The number of halogens is 3. The summed E-state index contributed by atoms with van der Waals surface area (Å²) in [5.74, 6) is 0.0342. The highest BCUT2D eigenvalue weighted by Gasteiger charge is 2.33. The molecule has 3 aromatic rings. The molecule has 0 amide bonds. The van der Waals surface area contributed by atoms with Crippen LogP contribution in [0.1, 0.15) is 5.69 Å². The molecule has 2 heterocycles. The van der Waals surface area contributed by atoms with E-state index in [9.17, 15) is 18.0 Å². The minimum Gasteiger partial charge on any atom is -0.340 e. The molecule has 132 valence electrons. The van der Waals surface area contributed by atoms with Crippen LogP contribution in [0.5, 0.6) is 0 Å². The van der Waals surface area contributed by atoms with E-state index in [-0.39, 0.29) is 16.7 Å². The number of benzene rings is 1. The van der Waals surface area contributed by atoms with Crippen molar-refractivity contribution in [3.8, 4) is 0 Å². The number of aryl methyl sites for hydroxylation is 2. The maximum absolute atomic E-state index is 13.0. The van der Waals surface area contributed by atoms with Gasteiger partial charge >= 0.3 is 11.9 Å². The summed E-state index contributed by atoms with van der Waals surface area (Å²) >= 11 is 1.02. The summed E-state index contributed by atoms with van der Waals surface area (Å²) in [6.07, 6.45) is -2.96. The van der Waals surface area contributed by atoms with Gasteiger partial charge in [-0.3, -0.25) is 9.13 Å². The molecule has 0 saturated heterocycles. The summed E-state index contributed by atoms with van der Waals surface area (Å²) in [6, 6.07) is 5.94. The Kier molecular flexibility index (Phi) is 4.23. The second kappa shape index (κ2) is 6.10. The van der Waals surface area contributed by atoms with Gasteiger partial charge in [-0.05, 0) is 24.5 Å². The topological polar surface area (TPSA) is 64.7 Å². The van der Waals surface area contributed by atoms with Gasteiger partial charge in [0.2, 0.25) is 0 Å². The van der Waals surface area contributed by atoms with Gasteiger partial charge in [-0.15, -0.1) is 0 Å². The molecule has 10 heteroatoms. The van der Waals surface area contributed by atoms with Crippen molar-refractivity contribution in [2.24, 2.45) is 14.1 Å². The van der Waals surface area contributed by atoms with E-state index in [0.717, 1.165) is 23.3 Å². The number of aromatic nitrogens is 4. The van der Waals surface area contributed by atoms with Gasteiger partial charge in [0.05, 0.1) is 11.0 Å². The van der Waals surface area contributed by atoms with Crippen LogP contribution in [-0.4, -0.2) is 25.4 Å². The maximum Gasteiger partial charge on any atom is 0.433 e. The summed E-state index contributed by atoms with van der Waals surface area (Å²) in [7, 11) is 3.29. The number of nitrogens with one attached hydrogen (secondary N) is 1. The molecule has 25 heavy (non-hydrogen) atoms. The van der Waals surface area contributed by atoms with Crippen LogP contribution in [0.2, 0.25) is 0 Å². The average Bonchev–Trinajstić information content (AvgIpc) is 2.78. The Morgan fingerprint density at radius 1 is 1.08 bits per heavy atom. The fourth-order valence-corrected chi connectivity index (χ4v) is 2.84. The number of alkyl halides is 3. The van der Waals surface area contributed by atoms with Crippen molar-refractivity contribution in [3.05, 3.63) is 40.4 Å². The van der Waals surface area contributed by atoms with Crippen molar-refractivity contribution in [2.45, 2.75) is 11.3 Å². The minimum atomic E-state index is -4.56. The third-order valence-electron chi connectivity index (χ3n) is 3.72. The van der Waals surface area contributed by atoms with E-state index in [0.29, 0.717) is 11.2 Å². The Morgan fingerprint density at radius 3 is 2.40 bits per heavy atom. The number of hydrogen-bond acceptors (Lipinski definition) is 5. The highest BCUT2D eigenvalue weighted by atomic mass is 32.2. The molecule has 0 spiro atoms. The fourth-order valence-electron chi connectivity index (χ4n) is 2.46. The minimum absolute atomic E-state index is 0.0190. The molecule has 0 aliphatic carbocycles. The maximum atomic E-state index is 13.0.